The Labute approximate surface area is 212 Å². The van der Waals surface area contributed by atoms with E-state index in [2.05, 4.69) is 24.8 Å². The molecule has 8 heteroatoms. The molecule has 0 aromatic carbocycles. The molecular formula is C27H36N2O5S. The number of thiophene rings is 1. The molecule has 2 heterocycles. The van der Waals surface area contributed by atoms with Crippen molar-refractivity contribution in [1.82, 2.24) is 4.90 Å². The minimum absolute atomic E-state index is 0.0346. The highest BCUT2D eigenvalue weighted by Crippen LogP contribution is 2.36. The molecule has 7 nitrogen and oxygen atoms in total. The van der Waals surface area contributed by atoms with Crippen molar-refractivity contribution in [3.8, 4) is 11.8 Å². The van der Waals surface area contributed by atoms with E-state index in [0.717, 1.165) is 17.8 Å². The van der Waals surface area contributed by atoms with E-state index < -0.39 is 12.0 Å². The molecule has 1 aliphatic carbocycles. The lowest BCUT2D eigenvalue weighted by Crippen LogP contribution is -2.55. The number of hydrogen-bond donors (Lipinski definition) is 1. The second-order valence-electron chi connectivity index (χ2n) is 10.2. The Morgan fingerprint density at radius 3 is 2.51 bits per heavy atom. The monoisotopic (exact) mass is 500 g/mol. The van der Waals surface area contributed by atoms with Gasteiger partial charge in [-0.15, -0.1) is 11.3 Å². The van der Waals surface area contributed by atoms with Crippen molar-refractivity contribution in [2.75, 3.05) is 31.2 Å². The number of ether oxygens (including phenoxy) is 1. The normalized spacial score (nSPS) is 19.3. The van der Waals surface area contributed by atoms with E-state index in [1.807, 2.05) is 27.7 Å². The number of aromatic carboxylic acids is 1. The first-order valence-corrected chi connectivity index (χ1v) is 13.1. The number of carbonyl (C=O) groups is 3. The van der Waals surface area contributed by atoms with Crippen molar-refractivity contribution in [2.45, 2.75) is 66.3 Å². The predicted molar refractivity (Wildman–Crippen MR) is 138 cm³/mol. The zero-order valence-corrected chi connectivity index (χ0v) is 22.2. The van der Waals surface area contributed by atoms with E-state index in [1.54, 1.807) is 11.0 Å². The average Bonchev–Trinajstić information content (AvgIpc) is 3.25. The molecule has 190 valence electrons. The summed E-state index contributed by atoms with van der Waals surface area (Å²) in [4.78, 5) is 43.7. The Morgan fingerprint density at radius 2 is 1.97 bits per heavy atom. The lowest BCUT2D eigenvalue weighted by molar-refractivity contribution is -0.138. The molecule has 1 fully saturated rings. The maximum absolute atomic E-state index is 14.0. The third kappa shape index (κ3) is 6.74. The Balaban J connectivity index is 2.09. The van der Waals surface area contributed by atoms with Gasteiger partial charge in [0.2, 0.25) is 11.8 Å². The highest BCUT2D eigenvalue weighted by atomic mass is 32.1. The van der Waals surface area contributed by atoms with Crippen LogP contribution in [0.4, 0.5) is 5.69 Å². The van der Waals surface area contributed by atoms with Gasteiger partial charge in [-0.2, -0.15) is 0 Å². The number of allylic oxidation sites excluding steroid dienone is 2. The van der Waals surface area contributed by atoms with E-state index in [0.29, 0.717) is 50.4 Å². The first kappa shape index (κ1) is 27.0. The van der Waals surface area contributed by atoms with Crippen LogP contribution in [0.5, 0.6) is 0 Å². The van der Waals surface area contributed by atoms with Gasteiger partial charge in [0.05, 0.1) is 23.8 Å². The maximum Gasteiger partial charge on any atom is 0.348 e. The molecule has 1 aromatic rings. The molecule has 0 saturated carbocycles. The summed E-state index contributed by atoms with van der Waals surface area (Å²) in [6.07, 6.45) is 4.54. The SMILES string of the molecule is CC[C@@H](C(=O)N1CCOCC1)N(C(=O)[C@@H]1CC=C(C)CC1)c1cc(C#CC(C)(C)C)sc1C(=O)O. The van der Waals surface area contributed by atoms with E-state index in [9.17, 15) is 19.5 Å². The molecule has 0 spiro atoms. The number of carboxylic acids is 1. The van der Waals surface area contributed by atoms with Gasteiger partial charge >= 0.3 is 5.97 Å². The molecule has 2 aliphatic rings. The molecule has 2 amide bonds. The lowest BCUT2D eigenvalue weighted by atomic mass is 9.88. The van der Waals surface area contributed by atoms with E-state index >= 15 is 0 Å². The number of anilines is 1. The summed E-state index contributed by atoms with van der Waals surface area (Å²) in [6.45, 7) is 11.7. The van der Waals surface area contributed by atoms with Crippen molar-refractivity contribution in [3.63, 3.8) is 0 Å². The molecule has 35 heavy (non-hydrogen) atoms. The van der Waals surface area contributed by atoms with Crippen LogP contribution >= 0.6 is 11.3 Å². The topological polar surface area (TPSA) is 87.2 Å². The van der Waals surface area contributed by atoms with Crippen LogP contribution < -0.4 is 4.90 Å². The summed E-state index contributed by atoms with van der Waals surface area (Å²) in [5.74, 6) is 4.43. The first-order valence-electron chi connectivity index (χ1n) is 12.3. The van der Waals surface area contributed by atoms with Crippen LogP contribution in [0, 0.1) is 23.2 Å². The standard InChI is InChI=1S/C27H36N2O5S/c1-6-21(25(31)28-13-15-34-16-14-28)29(24(30)19-9-7-18(2)8-10-19)22-17-20(11-12-27(3,4)5)35-23(22)26(32)33/h7,17,19,21H,6,8-10,13-16H2,1-5H3,(H,32,33)/t19-,21+/m1/s1. The number of hydrogen-bond acceptors (Lipinski definition) is 5. The van der Waals surface area contributed by atoms with Crippen molar-refractivity contribution in [2.24, 2.45) is 11.3 Å². The number of carbonyl (C=O) groups excluding carboxylic acids is 2. The fourth-order valence-electron chi connectivity index (χ4n) is 4.31. The molecule has 1 N–H and O–H groups in total. The van der Waals surface area contributed by atoms with Gasteiger partial charge in [0.1, 0.15) is 10.9 Å². The van der Waals surface area contributed by atoms with Crippen LogP contribution in [0.2, 0.25) is 0 Å². The van der Waals surface area contributed by atoms with Gasteiger partial charge in [-0.3, -0.25) is 14.5 Å². The van der Waals surface area contributed by atoms with Crippen LogP contribution in [0.15, 0.2) is 17.7 Å². The molecule has 0 bridgehead atoms. The Bertz CT molecular complexity index is 1050. The maximum atomic E-state index is 14.0. The molecule has 0 unspecified atom stereocenters. The molecule has 1 aromatic heterocycles. The van der Waals surface area contributed by atoms with Gasteiger partial charge in [0.25, 0.3) is 0 Å². The quantitative estimate of drug-likeness (QED) is 0.457. The number of amides is 2. The summed E-state index contributed by atoms with van der Waals surface area (Å²) >= 11 is 1.05. The zero-order valence-electron chi connectivity index (χ0n) is 21.3. The van der Waals surface area contributed by atoms with Crippen molar-refractivity contribution >= 4 is 34.8 Å². The van der Waals surface area contributed by atoms with Crippen LogP contribution in [0.25, 0.3) is 0 Å². The summed E-state index contributed by atoms with van der Waals surface area (Å²) in [6, 6.07) is 0.882. The van der Waals surface area contributed by atoms with Crippen LogP contribution in [0.3, 0.4) is 0 Å². The van der Waals surface area contributed by atoms with E-state index in [-0.39, 0.29) is 33.7 Å². The fourth-order valence-corrected chi connectivity index (χ4v) is 5.15. The molecule has 0 radical (unpaired) electrons. The second-order valence-corrected chi connectivity index (χ2v) is 11.3. The van der Waals surface area contributed by atoms with Gasteiger partial charge in [0, 0.05) is 24.4 Å². The van der Waals surface area contributed by atoms with Gasteiger partial charge < -0.3 is 14.7 Å². The molecule has 1 aliphatic heterocycles. The minimum atomic E-state index is -1.13. The average molecular weight is 501 g/mol. The summed E-state index contributed by atoms with van der Waals surface area (Å²) < 4.78 is 5.40. The van der Waals surface area contributed by atoms with Gasteiger partial charge in [0.15, 0.2) is 0 Å². The van der Waals surface area contributed by atoms with Crippen LogP contribution in [-0.4, -0.2) is 60.1 Å². The second kappa shape index (κ2) is 11.4. The number of carboxylic acid groups (broad SMARTS) is 1. The van der Waals surface area contributed by atoms with Gasteiger partial charge in [-0.25, -0.2) is 4.79 Å². The molecule has 1 saturated heterocycles. The highest BCUT2D eigenvalue weighted by Gasteiger charge is 2.39. The highest BCUT2D eigenvalue weighted by molar-refractivity contribution is 7.15. The minimum Gasteiger partial charge on any atom is -0.477 e. The third-order valence-electron chi connectivity index (χ3n) is 6.26. The van der Waals surface area contributed by atoms with Gasteiger partial charge in [-0.05, 0) is 59.4 Å². The van der Waals surface area contributed by atoms with Crippen LogP contribution in [0.1, 0.15) is 74.9 Å². The zero-order chi connectivity index (χ0) is 25.8. The van der Waals surface area contributed by atoms with Crippen molar-refractivity contribution in [1.29, 1.82) is 0 Å². The number of nitrogens with zero attached hydrogens (tertiary/aromatic N) is 2. The van der Waals surface area contributed by atoms with Crippen molar-refractivity contribution in [3.05, 3.63) is 27.5 Å². The fraction of sp³-hybridized carbons (Fsp3) is 0.593. The summed E-state index contributed by atoms with van der Waals surface area (Å²) in [5.41, 5.74) is 1.26. The Kier molecular flexibility index (Phi) is 8.79. The summed E-state index contributed by atoms with van der Waals surface area (Å²) in [7, 11) is 0. The third-order valence-corrected chi connectivity index (χ3v) is 7.29. The number of rotatable bonds is 6. The molecule has 2 atom stereocenters. The first-order chi connectivity index (χ1) is 16.5. The Hall–Kier alpha value is -2.63. The van der Waals surface area contributed by atoms with Crippen molar-refractivity contribution < 1.29 is 24.2 Å². The lowest BCUT2D eigenvalue weighted by Gasteiger charge is -2.37. The smallest absolute Gasteiger partial charge is 0.348 e. The van der Waals surface area contributed by atoms with E-state index in [4.69, 9.17) is 4.74 Å². The molecular weight excluding hydrogens is 464 g/mol. The van der Waals surface area contributed by atoms with E-state index in [1.165, 1.54) is 10.5 Å². The molecule has 3 rings (SSSR count). The number of morpholine rings is 1. The Morgan fingerprint density at radius 1 is 1.29 bits per heavy atom. The largest absolute Gasteiger partial charge is 0.477 e. The predicted octanol–water partition coefficient (Wildman–Crippen LogP) is 4.56. The van der Waals surface area contributed by atoms with Crippen LogP contribution in [-0.2, 0) is 14.3 Å². The summed E-state index contributed by atoms with van der Waals surface area (Å²) in [5, 5.41) is 10.0. The van der Waals surface area contributed by atoms with Gasteiger partial charge in [-0.1, -0.05) is 30.4 Å².